The molecule has 2 unspecified atom stereocenters. The molecule has 0 aliphatic carbocycles. The van der Waals surface area contributed by atoms with Crippen LogP contribution in [0.5, 0.6) is 5.75 Å². The Morgan fingerprint density at radius 3 is 2.77 bits per heavy atom. The molecule has 0 aromatic heterocycles. The van der Waals surface area contributed by atoms with Gasteiger partial charge in [0.25, 0.3) is 0 Å². The van der Waals surface area contributed by atoms with Crippen molar-refractivity contribution < 1.29 is 14.2 Å². The van der Waals surface area contributed by atoms with Crippen molar-refractivity contribution >= 4 is 5.96 Å². The number of hydrogen-bond acceptors (Lipinski definition) is 3. The highest BCUT2D eigenvalue weighted by Gasteiger charge is 2.22. The SMILES string of the molecule is CCNC(=NCC(O)c1ccccc1F)NCC1Cc2ccccc2O1. The minimum atomic E-state index is -0.987. The van der Waals surface area contributed by atoms with Crippen molar-refractivity contribution in [2.24, 2.45) is 4.99 Å². The van der Waals surface area contributed by atoms with Crippen LogP contribution in [0.1, 0.15) is 24.2 Å². The van der Waals surface area contributed by atoms with Gasteiger partial charge in [-0.25, -0.2) is 4.39 Å². The van der Waals surface area contributed by atoms with Gasteiger partial charge in [0, 0.05) is 18.5 Å². The molecule has 5 nitrogen and oxygen atoms in total. The predicted octanol–water partition coefficient (Wildman–Crippen LogP) is 2.42. The Kier molecular flexibility index (Phi) is 6.07. The molecule has 0 saturated heterocycles. The number of benzene rings is 2. The van der Waals surface area contributed by atoms with Gasteiger partial charge < -0.3 is 20.5 Å². The average molecular weight is 357 g/mol. The summed E-state index contributed by atoms with van der Waals surface area (Å²) in [4.78, 5) is 4.36. The summed E-state index contributed by atoms with van der Waals surface area (Å²) in [6.45, 7) is 3.32. The first-order valence-corrected chi connectivity index (χ1v) is 8.86. The van der Waals surface area contributed by atoms with E-state index in [0.29, 0.717) is 19.0 Å². The largest absolute Gasteiger partial charge is 0.488 e. The topological polar surface area (TPSA) is 65.9 Å². The lowest BCUT2D eigenvalue weighted by molar-refractivity contribution is 0.182. The zero-order valence-electron chi connectivity index (χ0n) is 14.8. The third-order valence-corrected chi connectivity index (χ3v) is 4.24. The maximum atomic E-state index is 13.7. The monoisotopic (exact) mass is 357 g/mol. The van der Waals surface area contributed by atoms with Crippen LogP contribution < -0.4 is 15.4 Å². The van der Waals surface area contributed by atoms with Gasteiger partial charge in [0.05, 0.1) is 13.1 Å². The van der Waals surface area contributed by atoms with Crippen molar-refractivity contribution in [3.05, 3.63) is 65.5 Å². The third-order valence-electron chi connectivity index (χ3n) is 4.24. The summed E-state index contributed by atoms with van der Waals surface area (Å²) in [7, 11) is 0. The molecule has 1 heterocycles. The molecule has 3 rings (SSSR count). The predicted molar refractivity (Wildman–Crippen MR) is 99.9 cm³/mol. The highest BCUT2D eigenvalue weighted by molar-refractivity contribution is 5.79. The number of ether oxygens (including phenoxy) is 1. The van der Waals surface area contributed by atoms with Crippen LogP contribution in [0, 0.1) is 5.82 Å². The van der Waals surface area contributed by atoms with Crippen LogP contribution in [0.25, 0.3) is 0 Å². The number of halogens is 1. The standard InChI is InChI=1S/C20H24FN3O2/c1-2-22-20(24-13-18(25)16-8-4-5-9-17(16)21)23-12-15-11-14-7-3-6-10-19(14)26-15/h3-10,15,18,25H,2,11-13H2,1H3,(H2,22,23,24). The van der Waals surface area contributed by atoms with Gasteiger partial charge in [-0.2, -0.15) is 0 Å². The molecule has 2 atom stereocenters. The second kappa shape index (κ2) is 8.67. The van der Waals surface area contributed by atoms with Gasteiger partial charge in [0.1, 0.15) is 23.8 Å². The Morgan fingerprint density at radius 1 is 1.23 bits per heavy atom. The summed E-state index contributed by atoms with van der Waals surface area (Å²) in [5.41, 5.74) is 1.46. The lowest BCUT2D eigenvalue weighted by atomic mass is 10.1. The number of para-hydroxylation sites is 1. The lowest BCUT2D eigenvalue weighted by Gasteiger charge is -2.16. The molecule has 2 aromatic rings. The third kappa shape index (κ3) is 4.52. The number of aliphatic hydroxyl groups excluding tert-OH is 1. The van der Waals surface area contributed by atoms with Crippen molar-refractivity contribution in [3.63, 3.8) is 0 Å². The molecule has 26 heavy (non-hydrogen) atoms. The molecule has 1 aliphatic heterocycles. The maximum Gasteiger partial charge on any atom is 0.191 e. The molecule has 0 spiro atoms. The molecule has 1 aliphatic rings. The molecule has 6 heteroatoms. The van der Waals surface area contributed by atoms with Gasteiger partial charge in [-0.15, -0.1) is 0 Å². The number of nitrogens with one attached hydrogen (secondary N) is 2. The quantitative estimate of drug-likeness (QED) is 0.549. The van der Waals surface area contributed by atoms with E-state index in [1.165, 1.54) is 11.6 Å². The fraction of sp³-hybridized carbons (Fsp3) is 0.350. The van der Waals surface area contributed by atoms with Gasteiger partial charge in [0.15, 0.2) is 5.96 Å². The molecule has 0 saturated carbocycles. The zero-order valence-corrected chi connectivity index (χ0v) is 14.8. The minimum absolute atomic E-state index is 0.0350. The van der Waals surface area contributed by atoms with Crippen molar-refractivity contribution in [2.45, 2.75) is 25.6 Å². The molecule has 3 N–H and O–H groups in total. The summed E-state index contributed by atoms with van der Waals surface area (Å²) >= 11 is 0. The second-order valence-corrected chi connectivity index (χ2v) is 6.19. The van der Waals surface area contributed by atoms with Gasteiger partial charge >= 0.3 is 0 Å². The molecule has 138 valence electrons. The molecular formula is C20H24FN3O2. The van der Waals surface area contributed by atoms with Crippen LogP contribution >= 0.6 is 0 Å². The van der Waals surface area contributed by atoms with Crippen molar-refractivity contribution in [1.82, 2.24) is 10.6 Å². The molecule has 0 amide bonds. The summed E-state index contributed by atoms with van der Waals surface area (Å²) in [5, 5.41) is 16.5. The minimum Gasteiger partial charge on any atom is -0.488 e. The van der Waals surface area contributed by atoms with E-state index in [1.807, 2.05) is 25.1 Å². The van der Waals surface area contributed by atoms with Gasteiger partial charge in [-0.1, -0.05) is 36.4 Å². The summed E-state index contributed by atoms with van der Waals surface area (Å²) < 4.78 is 19.6. The normalized spacial score (nSPS) is 17.3. The van der Waals surface area contributed by atoms with Crippen LogP contribution in [0.3, 0.4) is 0 Å². The fourth-order valence-corrected chi connectivity index (χ4v) is 2.94. The number of hydrogen-bond donors (Lipinski definition) is 3. The molecule has 0 fully saturated rings. The Bertz CT molecular complexity index is 741. The fourth-order valence-electron chi connectivity index (χ4n) is 2.94. The Morgan fingerprint density at radius 2 is 2.00 bits per heavy atom. The van der Waals surface area contributed by atoms with E-state index in [4.69, 9.17) is 4.74 Å². The summed E-state index contributed by atoms with van der Waals surface area (Å²) in [6.07, 6.45) is -0.105. The number of fused-ring (bicyclic) bond motifs is 1. The second-order valence-electron chi connectivity index (χ2n) is 6.19. The molecular weight excluding hydrogens is 333 g/mol. The summed E-state index contributed by atoms with van der Waals surface area (Å²) in [6, 6.07) is 14.2. The van der Waals surface area contributed by atoms with E-state index in [9.17, 15) is 9.50 Å². The van der Waals surface area contributed by atoms with Crippen LogP contribution in [0.4, 0.5) is 4.39 Å². The Labute approximate surface area is 152 Å². The van der Waals surface area contributed by atoms with E-state index in [1.54, 1.807) is 18.2 Å². The molecule has 0 radical (unpaired) electrons. The first-order chi connectivity index (χ1) is 12.7. The van der Waals surface area contributed by atoms with Crippen LogP contribution in [0.2, 0.25) is 0 Å². The number of rotatable bonds is 6. The first kappa shape index (κ1) is 18.2. The maximum absolute atomic E-state index is 13.7. The van der Waals surface area contributed by atoms with Crippen LogP contribution in [-0.2, 0) is 6.42 Å². The average Bonchev–Trinajstić information content (AvgIpc) is 3.07. The number of nitrogens with zero attached hydrogens (tertiary/aromatic N) is 1. The van der Waals surface area contributed by atoms with E-state index in [2.05, 4.69) is 21.7 Å². The molecule has 0 bridgehead atoms. The number of aliphatic imine (C=N–C) groups is 1. The van der Waals surface area contributed by atoms with Gasteiger partial charge in [0.2, 0.25) is 0 Å². The van der Waals surface area contributed by atoms with Crippen LogP contribution in [-0.4, -0.2) is 36.8 Å². The van der Waals surface area contributed by atoms with Crippen molar-refractivity contribution in [1.29, 1.82) is 0 Å². The van der Waals surface area contributed by atoms with Gasteiger partial charge in [-0.05, 0) is 24.6 Å². The number of aliphatic hydroxyl groups is 1. The lowest BCUT2D eigenvalue weighted by Crippen LogP contribution is -2.42. The highest BCUT2D eigenvalue weighted by Crippen LogP contribution is 2.27. The van der Waals surface area contributed by atoms with Crippen molar-refractivity contribution in [3.8, 4) is 5.75 Å². The smallest absolute Gasteiger partial charge is 0.191 e. The highest BCUT2D eigenvalue weighted by atomic mass is 19.1. The van der Waals surface area contributed by atoms with Crippen molar-refractivity contribution in [2.75, 3.05) is 19.6 Å². The van der Waals surface area contributed by atoms with Gasteiger partial charge in [-0.3, -0.25) is 4.99 Å². The molecule has 2 aromatic carbocycles. The number of guanidine groups is 1. The summed E-state index contributed by atoms with van der Waals surface area (Å²) in [5.74, 6) is 1.07. The van der Waals surface area contributed by atoms with E-state index < -0.39 is 11.9 Å². The Balaban J connectivity index is 1.55. The van der Waals surface area contributed by atoms with E-state index >= 15 is 0 Å². The van der Waals surface area contributed by atoms with Crippen LogP contribution in [0.15, 0.2) is 53.5 Å². The van der Waals surface area contributed by atoms with E-state index in [0.717, 1.165) is 12.2 Å². The van der Waals surface area contributed by atoms with E-state index in [-0.39, 0.29) is 18.2 Å². The zero-order chi connectivity index (χ0) is 18.4. The Hall–Kier alpha value is -2.60. The first-order valence-electron chi connectivity index (χ1n) is 8.86.